The molecule has 4 heteroatoms. The molecule has 24 heavy (non-hydrogen) atoms. The molecule has 0 aliphatic carbocycles. The maximum atomic E-state index is 9.68. The summed E-state index contributed by atoms with van der Waals surface area (Å²) in [6.07, 6.45) is 1.77. The Bertz CT molecular complexity index is 622. The van der Waals surface area contributed by atoms with Crippen molar-refractivity contribution in [3.05, 3.63) is 53.1 Å². The van der Waals surface area contributed by atoms with E-state index in [1.165, 1.54) is 0 Å². The average Bonchev–Trinajstić information content (AvgIpc) is 2.58. The van der Waals surface area contributed by atoms with Crippen molar-refractivity contribution in [3.63, 3.8) is 0 Å². The van der Waals surface area contributed by atoms with Gasteiger partial charge in [0.2, 0.25) is 0 Å². The molecular formula is C20H26O4. The number of phenols is 2. The molecule has 2 aromatic carbocycles. The van der Waals surface area contributed by atoms with Gasteiger partial charge in [0.05, 0.1) is 13.7 Å². The summed E-state index contributed by atoms with van der Waals surface area (Å²) in [5, 5.41) is 28.6. The molecular weight excluding hydrogens is 304 g/mol. The third-order valence-electron chi connectivity index (χ3n) is 4.65. The fourth-order valence-corrected chi connectivity index (χ4v) is 2.89. The van der Waals surface area contributed by atoms with E-state index in [0.717, 1.165) is 24.0 Å². The first-order valence-electron chi connectivity index (χ1n) is 8.22. The number of rotatable bonds is 7. The summed E-state index contributed by atoms with van der Waals surface area (Å²) in [6, 6.07) is 10.9. The van der Waals surface area contributed by atoms with Crippen molar-refractivity contribution in [2.24, 2.45) is 11.8 Å². The second-order valence-corrected chi connectivity index (χ2v) is 6.49. The highest BCUT2D eigenvalue weighted by Crippen LogP contribution is 2.29. The lowest BCUT2D eigenvalue weighted by molar-refractivity contribution is 0.275. The van der Waals surface area contributed by atoms with Crippen LogP contribution in [-0.4, -0.2) is 22.4 Å². The standard InChI is InChI=1S/C20H26O4/c1-13(8-15-4-6-18(22)17(10-15)12-21)14(2)9-16-5-7-19(23)20(11-16)24-3/h4-7,10-11,13-14,21-23H,8-9,12H2,1-3H3/t13-,14+/m1/s1. The van der Waals surface area contributed by atoms with Gasteiger partial charge in [-0.15, -0.1) is 0 Å². The Labute approximate surface area is 143 Å². The van der Waals surface area contributed by atoms with Crippen LogP contribution in [0.25, 0.3) is 0 Å². The van der Waals surface area contributed by atoms with Gasteiger partial charge in [0, 0.05) is 5.56 Å². The molecule has 0 fully saturated rings. The molecule has 0 amide bonds. The van der Waals surface area contributed by atoms with Gasteiger partial charge in [0.25, 0.3) is 0 Å². The van der Waals surface area contributed by atoms with E-state index < -0.39 is 0 Å². The van der Waals surface area contributed by atoms with E-state index in [-0.39, 0.29) is 18.1 Å². The zero-order chi connectivity index (χ0) is 17.7. The SMILES string of the molecule is COc1cc(C[C@H](C)[C@H](C)Cc2ccc(O)c(CO)c2)ccc1O. The maximum Gasteiger partial charge on any atom is 0.160 e. The Morgan fingerprint density at radius 3 is 1.96 bits per heavy atom. The molecule has 0 bridgehead atoms. The molecule has 3 N–H and O–H groups in total. The first-order chi connectivity index (χ1) is 11.4. The minimum Gasteiger partial charge on any atom is -0.508 e. The van der Waals surface area contributed by atoms with E-state index in [0.29, 0.717) is 23.1 Å². The molecule has 130 valence electrons. The number of ether oxygens (including phenoxy) is 1. The zero-order valence-corrected chi connectivity index (χ0v) is 14.5. The van der Waals surface area contributed by atoms with Gasteiger partial charge < -0.3 is 20.1 Å². The number of methoxy groups -OCH3 is 1. The molecule has 2 rings (SSSR count). The Kier molecular flexibility index (Phi) is 6.10. The predicted octanol–water partition coefficient (Wildman–Crippen LogP) is 3.66. The van der Waals surface area contributed by atoms with Gasteiger partial charge in [-0.05, 0) is 60.1 Å². The molecule has 4 nitrogen and oxygen atoms in total. The lowest BCUT2D eigenvalue weighted by atomic mass is 9.85. The molecule has 0 heterocycles. The monoisotopic (exact) mass is 330 g/mol. The second kappa shape index (κ2) is 8.06. The van der Waals surface area contributed by atoms with Crippen molar-refractivity contribution in [1.29, 1.82) is 0 Å². The van der Waals surface area contributed by atoms with Gasteiger partial charge in [0.15, 0.2) is 11.5 Å². The smallest absolute Gasteiger partial charge is 0.160 e. The third-order valence-corrected chi connectivity index (χ3v) is 4.65. The van der Waals surface area contributed by atoms with Crippen molar-refractivity contribution < 1.29 is 20.1 Å². The van der Waals surface area contributed by atoms with Gasteiger partial charge >= 0.3 is 0 Å². The molecule has 0 radical (unpaired) electrons. The molecule has 0 unspecified atom stereocenters. The molecule has 0 saturated carbocycles. The van der Waals surface area contributed by atoms with E-state index in [9.17, 15) is 15.3 Å². The largest absolute Gasteiger partial charge is 0.508 e. The Morgan fingerprint density at radius 2 is 1.42 bits per heavy atom. The minimum atomic E-state index is -0.156. The van der Waals surface area contributed by atoms with Crippen LogP contribution in [0.1, 0.15) is 30.5 Å². The van der Waals surface area contributed by atoms with Crippen molar-refractivity contribution in [2.75, 3.05) is 7.11 Å². The van der Waals surface area contributed by atoms with Gasteiger partial charge in [-0.3, -0.25) is 0 Å². The molecule has 0 spiro atoms. The fourth-order valence-electron chi connectivity index (χ4n) is 2.89. The number of hydrogen-bond acceptors (Lipinski definition) is 4. The van der Waals surface area contributed by atoms with Crippen LogP contribution in [0.15, 0.2) is 36.4 Å². The number of aliphatic hydroxyl groups is 1. The van der Waals surface area contributed by atoms with E-state index in [4.69, 9.17) is 4.74 Å². The van der Waals surface area contributed by atoms with Crippen LogP contribution in [0, 0.1) is 11.8 Å². The highest BCUT2D eigenvalue weighted by molar-refractivity contribution is 5.42. The first kappa shape index (κ1) is 18.1. The average molecular weight is 330 g/mol. The Morgan fingerprint density at radius 1 is 0.875 bits per heavy atom. The Hall–Kier alpha value is -2.20. The normalized spacial score (nSPS) is 13.5. The third kappa shape index (κ3) is 4.42. The van der Waals surface area contributed by atoms with Crippen molar-refractivity contribution in [3.8, 4) is 17.2 Å². The van der Waals surface area contributed by atoms with Crippen molar-refractivity contribution >= 4 is 0 Å². The molecule has 0 aliphatic heterocycles. The lowest BCUT2D eigenvalue weighted by Gasteiger charge is -2.21. The van der Waals surface area contributed by atoms with Crippen molar-refractivity contribution in [1.82, 2.24) is 0 Å². The highest BCUT2D eigenvalue weighted by atomic mass is 16.5. The van der Waals surface area contributed by atoms with Crippen molar-refractivity contribution in [2.45, 2.75) is 33.3 Å². The van der Waals surface area contributed by atoms with E-state index in [1.54, 1.807) is 19.2 Å². The zero-order valence-electron chi connectivity index (χ0n) is 14.5. The summed E-state index contributed by atoms with van der Waals surface area (Å²) in [5.41, 5.74) is 2.81. The molecule has 0 aromatic heterocycles. The van der Waals surface area contributed by atoms with Gasteiger partial charge in [-0.25, -0.2) is 0 Å². The molecule has 0 saturated heterocycles. The number of benzene rings is 2. The van der Waals surface area contributed by atoms with Crippen LogP contribution >= 0.6 is 0 Å². The van der Waals surface area contributed by atoms with Gasteiger partial charge in [0.1, 0.15) is 5.75 Å². The van der Waals surface area contributed by atoms with Crippen LogP contribution in [-0.2, 0) is 19.4 Å². The van der Waals surface area contributed by atoms with E-state index >= 15 is 0 Å². The number of hydrogen-bond donors (Lipinski definition) is 3. The predicted molar refractivity (Wildman–Crippen MR) is 94.4 cm³/mol. The quantitative estimate of drug-likeness (QED) is 0.725. The summed E-state index contributed by atoms with van der Waals surface area (Å²) in [6.45, 7) is 4.25. The lowest BCUT2D eigenvalue weighted by Crippen LogP contribution is -2.14. The summed E-state index contributed by atoms with van der Waals surface area (Å²) in [4.78, 5) is 0. The van der Waals surface area contributed by atoms with Gasteiger partial charge in [-0.2, -0.15) is 0 Å². The molecule has 2 atom stereocenters. The summed E-state index contributed by atoms with van der Waals surface area (Å²) in [5.74, 6) is 1.66. The van der Waals surface area contributed by atoms with E-state index in [2.05, 4.69) is 13.8 Å². The number of aliphatic hydroxyl groups excluding tert-OH is 1. The van der Waals surface area contributed by atoms with Crippen LogP contribution in [0.3, 0.4) is 0 Å². The Balaban J connectivity index is 2.03. The number of aromatic hydroxyl groups is 2. The van der Waals surface area contributed by atoms with Crippen LogP contribution < -0.4 is 4.74 Å². The molecule has 0 aliphatic rings. The van der Waals surface area contributed by atoms with Gasteiger partial charge in [-0.1, -0.05) is 26.0 Å². The summed E-state index contributed by atoms with van der Waals surface area (Å²) in [7, 11) is 1.55. The van der Waals surface area contributed by atoms with Crippen LogP contribution in [0.2, 0.25) is 0 Å². The van der Waals surface area contributed by atoms with E-state index in [1.807, 2.05) is 24.3 Å². The summed E-state index contributed by atoms with van der Waals surface area (Å²) < 4.78 is 5.16. The fraction of sp³-hybridized carbons (Fsp3) is 0.400. The molecule has 2 aromatic rings. The minimum absolute atomic E-state index is 0.137. The maximum absolute atomic E-state index is 9.68. The number of phenolic OH excluding ortho intramolecular Hbond substituents is 1. The van der Waals surface area contributed by atoms with Crippen LogP contribution in [0.5, 0.6) is 17.2 Å². The highest BCUT2D eigenvalue weighted by Gasteiger charge is 2.15. The first-order valence-corrected chi connectivity index (χ1v) is 8.22. The summed E-state index contributed by atoms with van der Waals surface area (Å²) >= 11 is 0. The topological polar surface area (TPSA) is 69.9 Å². The van der Waals surface area contributed by atoms with Crippen LogP contribution in [0.4, 0.5) is 0 Å². The second-order valence-electron chi connectivity index (χ2n) is 6.49.